The molecule has 0 atom stereocenters. The average Bonchev–Trinajstić information content (AvgIpc) is 2.86. The molecule has 178 valence electrons. The third-order valence-corrected chi connectivity index (χ3v) is 4.90. The van der Waals surface area contributed by atoms with Crippen molar-refractivity contribution in [3.63, 3.8) is 0 Å². The summed E-state index contributed by atoms with van der Waals surface area (Å²) in [6, 6.07) is 15.1. The van der Waals surface area contributed by atoms with Crippen LogP contribution in [-0.2, 0) is 0 Å². The summed E-state index contributed by atoms with van der Waals surface area (Å²) in [7, 11) is 1.72. The molecule has 4 aromatic rings. The van der Waals surface area contributed by atoms with Gasteiger partial charge in [0.05, 0.1) is 17.2 Å². The number of anilines is 3. The number of aromatic nitrogens is 4. The minimum atomic E-state index is -0.425. The minimum Gasteiger partial charge on any atom is -0.494 e. The second-order valence-corrected chi connectivity index (χ2v) is 7.43. The SMILES string of the molecule is CCOc1cccc(NC(=O)Nc2ccc(Oc3ncccc3-c3ncnc(NC)n3)c(Cl)c2)c1. The quantitative estimate of drug-likeness (QED) is 0.296. The van der Waals surface area contributed by atoms with E-state index in [1.807, 2.05) is 13.0 Å². The summed E-state index contributed by atoms with van der Waals surface area (Å²) in [6.45, 7) is 2.43. The topological polar surface area (TPSA) is 123 Å². The van der Waals surface area contributed by atoms with E-state index in [1.54, 1.807) is 61.8 Å². The molecule has 0 aliphatic carbocycles. The van der Waals surface area contributed by atoms with Crippen molar-refractivity contribution in [2.24, 2.45) is 0 Å². The van der Waals surface area contributed by atoms with E-state index < -0.39 is 6.03 Å². The van der Waals surface area contributed by atoms with Gasteiger partial charge in [0, 0.05) is 30.7 Å². The number of urea groups is 1. The van der Waals surface area contributed by atoms with Crippen LogP contribution in [0.25, 0.3) is 11.4 Å². The van der Waals surface area contributed by atoms with E-state index in [0.29, 0.717) is 46.8 Å². The summed E-state index contributed by atoms with van der Waals surface area (Å²) in [5.41, 5.74) is 1.65. The molecule has 0 aliphatic rings. The Bertz CT molecular complexity index is 1340. The van der Waals surface area contributed by atoms with Crippen LogP contribution in [0, 0.1) is 0 Å². The Morgan fingerprint density at radius 3 is 2.60 bits per heavy atom. The lowest BCUT2D eigenvalue weighted by atomic mass is 10.2. The third kappa shape index (κ3) is 6.12. The molecule has 2 aromatic heterocycles. The summed E-state index contributed by atoms with van der Waals surface area (Å²) in [6.07, 6.45) is 2.99. The Hall–Kier alpha value is -4.44. The Balaban J connectivity index is 1.47. The van der Waals surface area contributed by atoms with Gasteiger partial charge in [0.25, 0.3) is 0 Å². The lowest BCUT2D eigenvalue weighted by molar-refractivity contribution is 0.262. The van der Waals surface area contributed by atoms with E-state index in [2.05, 4.69) is 35.9 Å². The molecule has 0 saturated heterocycles. The standard InChI is InChI=1S/C24H22ClN7O3/c1-3-34-17-7-4-6-15(12-17)30-24(33)31-16-9-10-20(19(25)13-16)35-22-18(8-5-11-27-22)21-28-14-29-23(26-2)32-21/h4-14H,3H2,1-2H3,(H2,30,31,33)(H,26,28,29,32). The Kier molecular flexibility index (Phi) is 7.53. The van der Waals surface area contributed by atoms with E-state index in [-0.39, 0.29) is 10.9 Å². The normalized spacial score (nSPS) is 10.4. The van der Waals surface area contributed by atoms with Gasteiger partial charge in [-0.1, -0.05) is 17.7 Å². The molecule has 10 nitrogen and oxygen atoms in total. The van der Waals surface area contributed by atoms with E-state index >= 15 is 0 Å². The number of carbonyl (C=O) groups is 1. The minimum absolute atomic E-state index is 0.273. The van der Waals surface area contributed by atoms with Crippen molar-refractivity contribution in [2.45, 2.75) is 6.92 Å². The van der Waals surface area contributed by atoms with Gasteiger partial charge in [-0.2, -0.15) is 4.98 Å². The molecule has 0 aliphatic heterocycles. The predicted molar refractivity (Wildman–Crippen MR) is 134 cm³/mol. The van der Waals surface area contributed by atoms with Crippen LogP contribution in [0.2, 0.25) is 5.02 Å². The van der Waals surface area contributed by atoms with Crippen molar-refractivity contribution >= 4 is 35.0 Å². The van der Waals surface area contributed by atoms with Crippen molar-refractivity contribution in [1.29, 1.82) is 0 Å². The van der Waals surface area contributed by atoms with Crippen LogP contribution in [0.4, 0.5) is 22.1 Å². The lowest BCUT2D eigenvalue weighted by Crippen LogP contribution is -2.19. The zero-order chi connectivity index (χ0) is 24.6. The Morgan fingerprint density at radius 2 is 1.83 bits per heavy atom. The largest absolute Gasteiger partial charge is 0.494 e. The molecule has 0 radical (unpaired) electrons. The van der Waals surface area contributed by atoms with Crippen molar-refractivity contribution < 1.29 is 14.3 Å². The van der Waals surface area contributed by atoms with Gasteiger partial charge in [-0.3, -0.25) is 0 Å². The molecule has 0 unspecified atom stereocenters. The van der Waals surface area contributed by atoms with Gasteiger partial charge in [-0.25, -0.2) is 19.7 Å². The summed E-state index contributed by atoms with van der Waals surface area (Å²) in [5.74, 6) is 2.11. The van der Waals surface area contributed by atoms with Crippen LogP contribution >= 0.6 is 11.6 Å². The number of benzene rings is 2. The maximum Gasteiger partial charge on any atom is 0.323 e. The molecule has 2 heterocycles. The molecular formula is C24H22ClN7O3. The molecule has 2 amide bonds. The highest BCUT2D eigenvalue weighted by atomic mass is 35.5. The van der Waals surface area contributed by atoms with Crippen LogP contribution in [0.15, 0.2) is 67.1 Å². The molecule has 11 heteroatoms. The van der Waals surface area contributed by atoms with Crippen molar-refractivity contribution in [3.05, 3.63) is 72.1 Å². The summed E-state index contributed by atoms with van der Waals surface area (Å²) in [4.78, 5) is 29.3. The van der Waals surface area contributed by atoms with E-state index in [0.717, 1.165) is 0 Å². The summed E-state index contributed by atoms with van der Waals surface area (Å²) >= 11 is 6.43. The zero-order valence-corrected chi connectivity index (χ0v) is 19.7. The monoisotopic (exact) mass is 491 g/mol. The Morgan fingerprint density at radius 1 is 1.00 bits per heavy atom. The number of pyridine rings is 1. The number of hydrogen-bond acceptors (Lipinski definition) is 8. The number of hydrogen-bond donors (Lipinski definition) is 3. The number of ether oxygens (including phenoxy) is 2. The molecule has 0 spiro atoms. The van der Waals surface area contributed by atoms with Crippen LogP contribution in [0.5, 0.6) is 17.4 Å². The third-order valence-electron chi connectivity index (χ3n) is 4.61. The van der Waals surface area contributed by atoms with Crippen molar-refractivity contribution in [1.82, 2.24) is 19.9 Å². The van der Waals surface area contributed by atoms with Gasteiger partial charge in [0.1, 0.15) is 17.8 Å². The molecule has 2 aromatic carbocycles. The maximum absolute atomic E-state index is 12.4. The number of nitrogens with one attached hydrogen (secondary N) is 3. The first-order valence-corrected chi connectivity index (χ1v) is 11.0. The highest BCUT2D eigenvalue weighted by Crippen LogP contribution is 2.34. The fourth-order valence-corrected chi connectivity index (χ4v) is 3.30. The van der Waals surface area contributed by atoms with Gasteiger partial charge in [0.2, 0.25) is 11.8 Å². The van der Waals surface area contributed by atoms with E-state index in [9.17, 15) is 4.79 Å². The van der Waals surface area contributed by atoms with Gasteiger partial charge in [-0.15, -0.1) is 0 Å². The number of carbonyl (C=O) groups excluding carboxylic acids is 1. The molecular weight excluding hydrogens is 470 g/mol. The first kappa shape index (κ1) is 23.7. The van der Waals surface area contributed by atoms with E-state index in [4.69, 9.17) is 21.1 Å². The number of halogens is 1. The maximum atomic E-state index is 12.4. The highest BCUT2D eigenvalue weighted by Gasteiger charge is 2.14. The van der Waals surface area contributed by atoms with Gasteiger partial charge >= 0.3 is 6.03 Å². The Labute approximate surface area is 206 Å². The van der Waals surface area contributed by atoms with Gasteiger partial charge < -0.3 is 25.4 Å². The molecule has 35 heavy (non-hydrogen) atoms. The molecule has 3 N–H and O–H groups in total. The van der Waals surface area contributed by atoms with E-state index in [1.165, 1.54) is 6.33 Å². The summed E-state index contributed by atoms with van der Waals surface area (Å²) < 4.78 is 11.4. The number of rotatable bonds is 8. The van der Waals surface area contributed by atoms with Crippen LogP contribution in [0.3, 0.4) is 0 Å². The molecule has 0 bridgehead atoms. The highest BCUT2D eigenvalue weighted by molar-refractivity contribution is 6.32. The first-order valence-electron chi connectivity index (χ1n) is 10.7. The fourth-order valence-electron chi connectivity index (χ4n) is 3.08. The second kappa shape index (κ2) is 11.1. The van der Waals surface area contributed by atoms with Crippen molar-refractivity contribution in [2.75, 3.05) is 29.6 Å². The van der Waals surface area contributed by atoms with Crippen LogP contribution in [0.1, 0.15) is 6.92 Å². The van der Waals surface area contributed by atoms with Gasteiger partial charge in [-0.05, 0) is 49.4 Å². The summed E-state index contributed by atoms with van der Waals surface area (Å²) in [5, 5.41) is 8.65. The van der Waals surface area contributed by atoms with Crippen LogP contribution < -0.4 is 25.4 Å². The molecule has 4 rings (SSSR count). The molecule has 0 saturated carbocycles. The number of nitrogens with zero attached hydrogens (tertiary/aromatic N) is 4. The lowest BCUT2D eigenvalue weighted by Gasteiger charge is -2.12. The first-order chi connectivity index (χ1) is 17.1. The second-order valence-electron chi connectivity index (χ2n) is 7.03. The van der Waals surface area contributed by atoms with Crippen LogP contribution in [-0.4, -0.2) is 39.6 Å². The van der Waals surface area contributed by atoms with Gasteiger partial charge in [0.15, 0.2) is 5.82 Å². The average molecular weight is 492 g/mol. The molecule has 0 fully saturated rings. The smallest absolute Gasteiger partial charge is 0.323 e. The van der Waals surface area contributed by atoms with Crippen molar-refractivity contribution in [3.8, 4) is 28.8 Å². The fraction of sp³-hybridized carbons (Fsp3) is 0.125. The number of amides is 2. The zero-order valence-electron chi connectivity index (χ0n) is 18.9. The predicted octanol–water partition coefficient (Wildman–Crippen LogP) is 5.46.